The Labute approximate surface area is 146 Å². The van der Waals surface area contributed by atoms with Crippen molar-refractivity contribution in [3.05, 3.63) is 21.3 Å². The lowest BCUT2D eigenvalue weighted by molar-refractivity contribution is -0.136. The molecular formula is C16H24ClN3O2S. The van der Waals surface area contributed by atoms with Crippen LogP contribution in [0.3, 0.4) is 0 Å². The van der Waals surface area contributed by atoms with E-state index in [1.54, 1.807) is 11.3 Å². The van der Waals surface area contributed by atoms with E-state index >= 15 is 0 Å². The number of amides is 1. The number of halogens is 1. The lowest BCUT2D eigenvalue weighted by Crippen LogP contribution is -2.55. The fourth-order valence-electron chi connectivity index (χ4n) is 3.27. The quantitative estimate of drug-likeness (QED) is 0.892. The first-order valence-corrected chi connectivity index (χ1v) is 9.41. The summed E-state index contributed by atoms with van der Waals surface area (Å²) in [7, 11) is 0. The minimum absolute atomic E-state index is 0.107. The fourth-order valence-corrected chi connectivity index (χ4v) is 4.40. The van der Waals surface area contributed by atoms with Gasteiger partial charge in [-0.15, -0.1) is 11.3 Å². The highest BCUT2D eigenvalue weighted by molar-refractivity contribution is 7.16. The number of ether oxygens (including phenoxy) is 1. The van der Waals surface area contributed by atoms with Crippen LogP contribution in [0.1, 0.15) is 17.7 Å². The Morgan fingerprint density at radius 2 is 2.00 bits per heavy atom. The van der Waals surface area contributed by atoms with Gasteiger partial charge in [-0.3, -0.25) is 9.69 Å². The molecule has 2 aliphatic heterocycles. The van der Waals surface area contributed by atoms with Crippen molar-refractivity contribution in [1.29, 1.82) is 0 Å². The average molecular weight is 358 g/mol. The van der Waals surface area contributed by atoms with Gasteiger partial charge < -0.3 is 15.4 Å². The molecule has 5 nitrogen and oxygen atoms in total. The lowest BCUT2D eigenvalue weighted by Gasteiger charge is -2.37. The molecule has 2 N–H and O–H groups in total. The number of carbonyl (C=O) groups excluding carboxylic acids is 1. The molecule has 2 saturated heterocycles. The Balaban J connectivity index is 1.47. The van der Waals surface area contributed by atoms with Gasteiger partial charge in [-0.05, 0) is 30.9 Å². The van der Waals surface area contributed by atoms with Gasteiger partial charge in [0.2, 0.25) is 5.91 Å². The van der Waals surface area contributed by atoms with Crippen molar-refractivity contribution in [2.45, 2.75) is 25.4 Å². The number of nitrogens with zero attached hydrogens (tertiary/aromatic N) is 2. The average Bonchev–Trinajstić information content (AvgIpc) is 3.00. The monoisotopic (exact) mass is 357 g/mol. The molecule has 1 aromatic rings. The van der Waals surface area contributed by atoms with Crippen molar-refractivity contribution in [3.8, 4) is 0 Å². The molecule has 0 aromatic carbocycles. The normalized spacial score (nSPS) is 22.3. The maximum Gasteiger partial charge on any atom is 0.239 e. The van der Waals surface area contributed by atoms with Crippen molar-refractivity contribution in [2.24, 2.45) is 11.7 Å². The first-order chi connectivity index (χ1) is 11.1. The SMILES string of the molecule is NC(C(=O)N1CCN(Cc2ccc(Cl)s2)CC1)C1CCOCC1. The molecule has 3 heterocycles. The largest absolute Gasteiger partial charge is 0.381 e. The van der Waals surface area contributed by atoms with Crippen molar-refractivity contribution < 1.29 is 9.53 Å². The number of hydrogen-bond donors (Lipinski definition) is 1. The molecule has 128 valence electrons. The van der Waals surface area contributed by atoms with Crippen LogP contribution >= 0.6 is 22.9 Å². The summed E-state index contributed by atoms with van der Waals surface area (Å²) in [5, 5.41) is 0. The third kappa shape index (κ3) is 4.45. The van der Waals surface area contributed by atoms with Gasteiger partial charge in [0.05, 0.1) is 10.4 Å². The maximum atomic E-state index is 12.6. The number of rotatable bonds is 4. The number of piperazine rings is 1. The Hall–Kier alpha value is -0.660. The van der Waals surface area contributed by atoms with Crippen LogP contribution < -0.4 is 5.73 Å². The second-order valence-electron chi connectivity index (χ2n) is 6.28. The van der Waals surface area contributed by atoms with E-state index in [1.807, 2.05) is 11.0 Å². The van der Waals surface area contributed by atoms with Gasteiger partial charge in [0.1, 0.15) is 0 Å². The Morgan fingerprint density at radius 1 is 1.30 bits per heavy atom. The Bertz CT molecular complexity index is 525. The van der Waals surface area contributed by atoms with E-state index in [1.165, 1.54) is 4.88 Å². The van der Waals surface area contributed by atoms with Gasteiger partial charge >= 0.3 is 0 Å². The summed E-state index contributed by atoms with van der Waals surface area (Å²) in [6, 6.07) is 3.64. The van der Waals surface area contributed by atoms with Gasteiger partial charge in [-0.25, -0.2) is 0 Å². The van der Waals surface area contributed by atoms with Gasteiger partial charge in [0, 0.05) is 50.8 Å². The molecule has 0 saturated carbocycles. The minimum atomic E-state index is -0.374. The Morgan fingerprint density at radius 3 is 2.61 bits per heavy atom. The van der Waals surface area contributed by atoms with Crippen LogP contribution in [0.4, 0.5) is 0 Å². The zero-order chi connectivity index (χ0) is 16.2. The van der Waals surface area contributed by atoms with Gasteiger partial charge in [0.15, 0.2) is 0 Å². The highest BCUT2D eigenvalue weighted by atomic mass is 35.5. The standard InChI is InChI=1S/C16H24ClN3O2S/c17-14-2-1-13(23-14)11-19-5-7-20(8-6-19)16(21)15(18)12-3-9-22-10-4-12/h1-2,12,15H,3-11,18H2. The van der Waals surface area contributed by atoms with E-state index in [0.717, 1.165) is 63.1 Å². The second-order valence-corrected chi connectivity index (χ2v) is 8.08. The molecule has 1 unspecified atom stereocenters. The molecule has 1 atom stereocenters. The molecule has 23 heavy (non-hydrogen) atoms. The highest BCUT2D eigenvalue weighted by Crippen LogP contribution is 2.23. The molecule has 7 heteroatoms. The maximum absolute atomic E-state index is 12.6. The van der Waals surface area contributed by atoms with Crippen molar-refractivity contribution in [2.75, 3.05) is 39.4 Å². The predicted molar refractivity (Wildman–Crippen MR) is 92.7 cm³/mol. The second kappa shape index (κ2) is 7.94. The highest BCUT2D eigenvalue weighted by Gasteiger charge is 2.31. The molecule has 0 bridgehead atoms. The molecule has 3 rings (SSSR count). The third-order valence-corrected chi connectivity index (χ3v) is 5.97. The van der Waals surface area contributed by atoms with Crippen LogP contribution in [0.5, 0.6) is 0 Å². The van der Waals surface area contributed by atoms with Crippen LogP contribution in [-0.2, 0) is 16.1 Å². The zero-order valence-electron chi connectivity index (χ0n) is 13.2. The number of nitrogens with two attached hydrogens (primary N) is 1. The van der Waals surface area contributed by atoms with E-state index in [4.69, 9.17) is 22.1 Å². The summed E-state index contributed by atoms with van der Waals surface area (Å²) >= 11 is 7.60. The van der Waals surface area contributed by atoms with Gasteiger partial charge in [0.25, 0.3) is 0 Å². The summed E-state index contributed by atoms with van der Waals surface area (Å²) in [5.74, 6) is 0.373. The molecule has 0 aliphatic carbocycles. The van der Waals surface area contributed by atoms with Crippen molar-refractivity contribution >= 4 is 28.8 Å². The van der Waals surface area contributed by atoms with E-state index in [0.29, 0.717) is 0 Å². The molecular weight excluding hydrogens is 334 g/mol. The molecule has 0 spiro atoms. The summed E-state index contributed by atoms with van der Waals surface area (Å²) < 4.78 is 6.18. The number of hydrogen-bond acceptors (Lipinski definition) is 5. The van der Waals surface area contributed by atoms with Crippen molar-refractivity contribution in [3.63, 3.8) is 0 Å². The zero-order valence-corrected chi connectivity index (χ0v) is 14.8. The summed E-state index contributed by atoms with van der Waals surface area (Å²) in [5.41, 5.74) is 6.21. The van der Waals surface area contributed by atoms with Gasteiger partial charge in [-0.2, -0.15) is 0 Å². The number of carbonyl (C=O) groups is 1. The van der Waals surface area contributed by atoms with Crippen LogP contribution in [0.2, 0.25) is 4.34 Å². The minimum Gasteiger partial charge on any atom is -0.381 e. The van der Waals surface area contributed by atoms with Crippen LogP contribution in [0.25, 0.3) is 0 Å². The molecule has 2 fully saturated rings. The number of thiophene rings is 1. The van der Waals surface area contributed by atoms with Gasteiger partial charge in [-0.1, -0.05) is 11.6 Å². The molecule has 1 aromatic heterocycles. The first kappa shape index (κ1) is 17.2. The van der Waals surface area contributed by atoms with Crippen LogP contribution in [0, 0.1) is 5.92 Å². The van der Waals surface area contributed by atoms with Crippen LogP contribution in [0.15, 0.2) is 12.1 Å². The third-order valence-electron chi connectivity index (χ3n) is 4.75. The van der Waals surface area contributed by atoms with E-state index in [-0.39, 0.29) is 17.9 Å². The Kier molecular flexibility index (Phi) is 5.93. The summed E-state index contributed by atoms with van der Waals surface area (Å²) in [6.07, 6.45) is 1.79. The smallest absolute Gasteiger partial charge is 0.239 e. The fraction of sp³-hybridized carbons (Fsp3) is 0.688. The van der Waals surface area contributed by atoms with E-state index < -0.39 is 0 Å². The molecule has 0 radical (unpaired) electrons. The topological polar surface area (TPSA) is 58.8 Å². The van der Waals surface area contributed by atoms with E-state index in [2.05, 4.69) is 11.0 Å². The van der Waals surface area contributed by atoms with Crippen molar-refractivity contribution in [1.82, 2.24) is 9.80 Å². The first-order valence-electron chi connectivity index (χ1n) is 8.22. The summed E-state index contributed by atoms with van der Waals surface area (Å²) in [4.78, 5) is 18.2. The molecule has 1 amide bonds. The van der Waals surface area contributed by atoms with Crippen LogP contribution in [-0.4, -0.2) is 61.1 Å². The summed E-state index contributed by atoms with van der Waals surface area (Å²) in [6.45, 7) is 5.66. The lowest BCUT2D eigenvalue weighted by atomic mass is 9.91. The van der Waals surface area contributed by atoms with E-state index in [9.17, 15) is 4.79 Å². The predicted octanol–water partition coefficient (Wildman–Crippen LogP) is 1.80. The molecule has 2 aliphatic rings.